The van der Waals surface area contributed by atoms with Gasteiger partial charge in [-0.3, -0.25) is 14.4 Å². The Bertz CT molecular complexity index is 820. The summed E-state index contributed by atoms with van der Waals surface area (Å²) in [7, 11) is 0. The zero-order chi connectivity index (χ0) is 23.8. The van der Waals surface area contributed by atoms with Crippen LogP contribution in [0.4, 0.5) is 5.69 Å². The molecule has 182 valence electrons. The van der Waals surface area contributed by atoms with Crippen molar-refractivity contribution in [2.75, 3.05) is 44.4 Å². The van der Waals surface area contributed by atoms with E-state index in [2.05, 4.69) is 15.5 Å². The monoisotopic (exact) mass is 459 g/mol. The van der Waals surface area contributed by atoms with Crippen LogP contribution in [-0.2, 0) is 19.1 Å². The van der Waals surface area contributed by atoms with Gasteiger partial charge in [0.05, 0.1) is 25.9 Å². The average Bonchev–Trinajstić information content (AvgIpc) is 2.81. The number of benzene rings is 1. The summed E-state index contributed by atoms with van der Waals surface area (Å²) in [6.07, 6.45) is 2.18. The molecule has 3 rings (SSSR count). The largest absolute Gasteiger partial charge is 0.378 e. The van der Waals surface area contributed by atoms with Crippen molar-refractivity contribution in [2.24, 2.45) is 11.8 Å². The minimum absolute atomic E-state index is 0.0146. The van der Waals surface area contributed by atoms with Crippen LogP contribution in [0.2, 0.25) is 0 Å². The number of amides is 2. The van der Waals surface area contributed by atoms with Gasteiger partial charge >= 0.3 is 0 Å². The first-order chi connectivity index (χ1) is 15.9. The van der Waals surface area contributed by atoms with E-state index in [0.717, 1.165) is 31.6 Å². The second kappa shape index (κ2) is 12.1. The summed E-state index contributed by atoms with van der Waals surface area (Å²) in [4.78, 5) is 40.9. The fraction of sp³-hybridized carbons (Fsp3) is 0.640. The molecule has 0 bridgehead atoms. The zero-order valence-corrected chi connectivity index (χ0v) is 20.0. The van der Waals surface area contributed by atoms with Gasteiger partial charge in [0.25, 0.3) is 5.91 Å². The van der Waals surface area contributed by atoms with Crippen molar-refractivity contribution in [3.05, 3.63) is 29.8 Å². The zero-order valence-electron chi connectivity index (χ0n) is 20.0. The highest BCUT2D eigenvalue weighted by molar-refractivity contribution is 5.99. The lowest BCUT2D eigenvalue weighted by Crippen LogP contribution is -2.57. The molecule has 2 heterocycles. The van der Waals surface area contributed by atoms with Gasteiger partial charge in [0.2, 0.25) is 5.91 Å². The molecule has 2 aliphatic heterocycles. The van der Waals surface area contributed by atoms with Crippen LogP contribution in [0.1, 0.15) is 50.4 Å². The quantitative estimate of drug-likeness (QED) is 0.588. The lowest BCUT2D eigenvalue weighted by atomic mass is 9.90. The molecule has 2 fully saturated rings. The highest BCUT2D eigenvalue weighted by Gasteiger charge is 2.35. The molecular formula is C25H37N3O5. The van der Waals surface area contributed by atoms with E-state index >= 15 is 0 Å². The van der Waals surface area contributed by atoms with Crippen LogP contribution in [0.5, 0.6) is 0 Å². The molecule has 2 unspecified atom stereocenters. The number of ether oxygens (including phenoxy) is 2. The molecule has 2 amide bonds. The highest BCUT2D eigenvalue weighted by Crippen LogP contribution is 2.20. The summed E-state index contributed by atoms with van der Waals surface area (Å²) < 4.78 is 10.8. The fourth-order valence-corrected chi connectivity index (χ4v) is 4.44. The van der Waals surface area contributed by atoms with Gasteiger partial charge in [0.15, 0.2) is 5.78 Å². The summed E-state index contributed by atoms with van der Waals surface area (Å²) in [5.74, 6) is -0.573. The Kier molecular flexibility index (Phi) is 9.26. The number of anilines is 1. The van der Waals surface area contributed by atoms with Crippen LogP contribution in [0, 0.1) is 11.8 Å². The van der Waals surface area contributed by atoms with Crippen molar-refractivity contribution in [1.29, 1.82) is 0 Å². The van der Waals surface area contributed by atoms with Crippen molar-refractivity contribution in [2.45, 2.75) is 52.1 Å². The Morgan fingerprint density at radius 1 is 1.18 bits per heavy atom. The second-order valence-corrected chi connectivity index (χ2v) is 9.32. The van der Waals surface area contributed by atoms with E-state index < -0.39 is 12.1 Å². The molecule has 0 radical (unpaired) electrons. The van der Waals surface area contributed by atoms with Crippen molar-refractivity contribution in [1.82, 2.24) is 10.6 Å². The predicted octanol–water partition coefficient (Wildman–Crippen LogP) is 2.17. The minimum atomic E-state index is -0.720. The van der Waals surface area contributed by atoms with Crippen molar-refractivity contribution < 1.29 is 23.9 Å². The molecule has 0 aromatic heterocycles. The third-order valence-corrected chi connectivity index (χ3v) is 6.17. The number of carbonyl (C=O) groups is 3. The Hall–Kier alpha value is -2.45. The third kappa shape index (κ3) is 7.01. The van der Waals surface area contributed by atoms with Gasteiger partial charge in [-0.1, -0.05) is 33.3 Å². The van der Waals surface area contributed by atoms with E-state index in [0.29, 0.717) is 31.8 Å². The minimum Gasteiger partial charge on any atom is -0.378 e. The molecule has 0 saturated carbocycles. The first-order valence-corrected chi connectivity index (χ1v) is 12.0. The number of Topliss-reactive ketones (excluding diaryl/α,β-unsaturated/α-hetero) is 1. The lowest BCUT2D eigenvalue weighted by molar-refractivity contribution is -0.138. The highest BCUT2D eigenvalue weighted by atomic mass is 16.5. The molecular weight excluding hydrogens is 422 g/mol. The number of hydrogen-bond acceptors (Lipinski definition) is 6. The third-order valence-electron chi connectivity index (χ3n) is 6.17. The maximum absolute atomic E-state index is 13.2. The average molecular weight is 460 g/mol. The number of ketones is 1. The number of carbonyl (C=O) groups excluding carboxylic acids is 3. The van der Waals surface area contributed by atoms with E-state index in [1.165, 1.54) is 0 Å². The standard InChI is InChI=1S/C25H37N3O5/c1-4-6-19-15-33-16-22(29)23(19)27-25(31)21(13-17(2)3)26-24(30)18-7-5-8-20(14-18)28-9-11-32-12-10-28/h5,7-8,14,17,19,21,23H,4,6,9-13,15-16H2,1-3H3,(H,26,30)(H,27,31)/t19?,21?,23-/m0/s1. The van der Waals surface area contributed by atoms with Crippen LogP contribution < -0.4 is 15.5 Å². The smallest absolute Gasteiger partial charge is 0.252 e. The maximum Gasteiger partial charge on any atom is 0.252 e. The van der Waals surface area contributed by atoms with Gasteiger partial charge in [0.1, 0.15) is 12.6 Å². The van der Waals surface area contributed by atoms with Gasteiger partial charge in [-0.15, -0.1) is 0 Å². The summed E-state index contributed by atoms with van der Waals surface area (Å²) in [6.45, 7) is 9.42. The van der Waals surface area contributed by atoms with Crippen molar-refractivity contribution in [3.8, 4) is 0 Å². The van der Waals surface area contributed by atoms with Gasteiger partial charge in [-0.05, 0) is 37.0 Å². The summed E-state index contributed by atoms with van der Waals surface area (Å²) in [6, 6.07) is 6.15. The lowest BCUT2D eigenvalue weighted by Gasteiger charge is -2.32. The van der Waals surface area contributed by atoms with E-state index in [1.807, 2.05) is 39.0 Å². The van der Waals surface area contributed by atoms with E-state index in [1.54, 1.807) is 6.07 Å². The first kappa shape index (κ1) is 25.2. The molecule has 33 heavy (non-hydrogen) atoms. The van der Waals surface area contributed by atoms with Gasteiger partial charge in [-0.25, -0.2) is 0 Å². The normalized spacial score (nSPS) is 22.2. The molecule has 8 heteroatoms. The molecule has 3 atom stereocenters. The Morgan fingerprint density at radius 3 is 2.64 bits per heavy atom. The summed E-state index contributed by atoms with van der Waals surface area (Å²) in [5.41, 5.74) is 1.47. The van der Waals surface area contributed by atoms with Gasteiger partial charge in [0, 0.05) is 30.3 Å². The number of morpholine rings is 1. The van der Waals surface area contributed by atoms with Crippen LogP contribution in [-0.4, -0.2) is 69.2 Å². The molecule has 2 aliphatic rings. The molecule has 0 aliphatic carbocycles. The molecule has 1 aromatic rings. The molecule has 8 nitrogen and oxygen atoms in total. The molecule has 2 saturated heterocycles. The number of nitrogens with one attached hydrogen (secondary N) is 2. The molecule has 2 N–H and O–H groups in total. The van der Waals surface area contributed by atoms with E-state index in [4.69, 9.17) is 9.47 Å². The van der Waals surface area contributed by atoms with E-state index in [9.17, 15) is 14.4 Å². The first-order valence-electron chi connectivity index (χ1n) is 12.0. The van der Waals surface area contributed by atoms with Crippen LogP contribution >= 0.6 is 0 Å². The molecule has 0 spiro atoms. The van der Waals surface area contributed by atoms with Crippen LogP contribution in [0.25, 0.3) is 0 Å². The van der Waals surface area contributed by atoms with Crippen LogP contribution in [0.15, 0.2) is 24.3 Å². The number of nitrogens with zero attached hydrogens (tertiary/aromatic N) is 1. The maximum atomic E-state index is 13.2. The van der Waals surface area contributed by atoms with E-state index in [-0.39, 0.29) is 36.0 Å². The Labute approximate surface area is 196 Å². The predicted molar refractivity (Wildman–Crippen MR) is 126 cm³/mol. The Balaban J connectivity index is 1.70. The summed E-state index contributed by atoms with van der Waals surface area (Å²) in [5, 5.41) is 5.83. The topological polar surface area (TPSA) is 97.0 Å². The Morgan fingerprint density at radius 2 is 1.94 bits per heavy atom. The van der Waals surface area contributed by atoms with Gasteiger partial charge < -0.3 is 25.0 Å². The second-order valence-electron chi connectivity index (χ2n) is 9.32. The van der Waals surface area contributed by atoms with Crippen LogP contribution in [0.3, 0.4) is 0 Å². The number of rotatable bonds is 9. The van der Waals surface area contributed by atoms with Gasteiger partial charge in [-0.2, -0.15) is 0 Å². The van der Waals surface area contributed by atoms with Crippen molar-refractivity contribution >= 4 is 23.3 Å². The fourth-order valence-electron chi connectivity index (χ4n) is 4.44. The van der Waals surface area contributed by atoms with Crippen molar-refractivity contribution in [3.63, 3.8) is 0 Å². The SMILES string of the molecule is CCCC1COCC(=O)[C@H]1NC(=O)C(CC(C)C)NC(=O)c1cccc(N2CCOCC2)c1. The molecule has 1 aromatic carbocycles. The number of hydrogen-bond donors (Lipinski definition) is 2. The summed E-state index contributed by atoms with van der Waals surface area (Å²) >= 11 is 0.